The van der Waals surface area contributed by atoms with Gasteiger partial charge < -0.3 is 0 Å². The largest absolute Gasteiger partial charge is 0.148 e. The SMILES string of the molecule is CCCCCCCCc1ccc(S2(CC(CC)CCCC)c3cc(C)sc3-c3sc(C)cc32)s1. The Balaban J connectivity index is 1.67. The first-order chi connectivity index (χ1) is 16.5. The van der Waals surface area contributed by atoms with E-state index in [0.29, 0.717) is 0 Å². The monoisotopic (exact) mass is 532 g/mol. The first-order valence-electron chi connectivity index (χ1n) is 13.6. The van der Waals surface area contributed by atoms with Crippen LogP contribution in [-0.2, 0) is 6.42 Å². The van der Waals surface area contributed by atoms with E-state index in [4.69, 9.17) is 0 Å². The van der Waals surface area contributed by atoms with Gasteiger partial charge in [-0.3, -0.25) is 0 Å². The first-order valence-corrected chi connectivity index (χ1v) is 17.9. The normalized spacial score (nSPS) is 15.9. The molecule has 1 atom stereocenters. The lowest BCUT2D eigenvalue weighted by atomic mass is 10.0. The van der Waals surface area contributed by atoms with Crippen molar-refractivity contribution in [2.45, 2.75) is 119 Å². The molecule has 188 valence electrons. The molecule has 0 nitrogen and oxygen atoms in total. The Morgan fingerprint density at radius 1 is 0.735 bits per heavy atom. The third-order valence-corrected chi connectivity index (χ3v) is 15.9. The van der Waals surface area contributed by atoms with Gasteiger partial charge in [-0.15, -0.1) is 44.0 Å². The highest BCUT2D eigenvalue weighted by Crippen LogP contribution is 2.80. The molecule has 0 fully saturated rings. The molecule has 0 radical (unpaired) electrons. The van der Waals surface area contributed by atoms with E-state index < -0.39 is 10.0 Å². The Morgan fingerprint density at radius 3 is 1.97 bits per heavy atom. The second kappa shape index (κ2) is 12.1. The molecule has 4 heteroatoms. The Kier molecular flexibility index (Phi) is 9.45. The average molecular weight is 533 g/mol. The van der Waals surface area contributed by atoms with Crippen molar-refractivity contribution in [3.8, 4) is 9.75 Å². The van der Waals surface area contributed by atoms with E-state index in [1.54, 1.807) is 28.6 Å². The van der Waals surface area contributed by atoms with Crippen molar-refractivity contribution in [1.82, 2.24) is 0 Å². The Bertz CT molecular complexity index is 1000. The third-order valence-electron chi connectivity index (χ3n) is 7.39. The van der Waals surface area contributed by atoms with Crippen LogP contribution in [0, 0.1) is 19.8 Å². The zero-order valence-electron chi connectivity index (χ0n) is 22.0. The van der Waals surface area contributed by atoms with Crippen molar-refractivity contribution in [2.75, 3.05) is 5.75 Å². The van der Waals surface area contributed by atoms with Crippen LogP contribution < -0.4 is 0 Å². The van der Waals surface area contributed by atoms with Gasteiger partial charge in [0.25, 0.3) is 0 Å². The molecule has 0 aliphatic carbocycles. The molecule has 1 aliphatic heterocycles. The van der Waals surface area contributed by atoms with E-state index in [1.807, 2.05) is 22.7 Å². The highest BCUT2D eigenvalue weighted by atomic mass is 32.3. The summed E-state index contributed by atoms with van der Waals surface area (Å²) in [5.74, 6) is 2.17. The van der Waals surface area contributed by atoms with Crippen LogP contribution >= 0.6 is 44.0 Å². The maximum atomic E-state index is 2.58. The number of thiophene rings is 3. The maximum absolute atomic E-state index is 2.58. The van der Waals surface area contributed by atoms with Gasteiger partial charge in [-0.1, -0.05) is 72.1 Å². The van der Waals surface area contributed by atoms with Crippen LogP contribution in [0.5, 0.6) is 0 Å². The molecule has 0 saturated carbocycles. The second-order valence-electron chi connectivity index (χ2n) is 10.2. The van der Waals surface area contributed by atoms with Gasteiger partial charge in [0.2, 0.25) is 0 Å². The first kappa shape index (κ1) is 26.5. The van der Waals surface area contributed by atoms with Crippen molar-refractivity contribution in [2.24, 2.45) is 5.92 Å². The molecule has 1 unspecified atom stereocenters. The third kappa shape index (κ3) is 5.41. The van der Waals surface area contributed by atoms with E-state index in [-0.39, 0.29) is 0 Å². The van der Waals surface area contributed by atoms with Crippen molar-refractivity contribution >= 4 is 44.0 Å². The number of hydrogen-bond donors (Lipinski definition) is 0. The van der Waals surface area contributed by atoms with Gasteiger partial charge >= 0.3 is 0 Å². The van der Waals surface area contributed by atoms with Gasteiger partial charge in [0.1, 0.15) is 0 Å². The highest BCUT2D eigenvalue weighted by Gasteiger charge is 2.45. The predicted molar refractivity (Wildman–Crippen MR) is 159 cm³/mol. The summed E-state index contributed by atoms with van der Waals surface area (Å²) in [4.78, 5) is 11.2. The predicted octanol–water partition coefficient (Wildman–Crippen LogP) is 11.9. The van der Waals surface area contributed by atoms with Crippen LogP contribution in [0.3, 0.4) is 0 Å². The molecule has 1 aliphatic rings. The minimum absolute atomic E-state index is 0.818. The van der Waals surface area contributed by atoms with Gasteiger partial charge in [-0.25, -0.2) is 0 Å². The highest BCUT2D eigenvalue weighted by molar-refractivity contribution is 8.35. The van der Waals surface area contributed by atoms with Gasteiger partial charge in [0.05, 0.1) is 14.0 Å². The van der Waals surface area contributed by atoms with Crippen LogP contribution in [0.25, 0.3) is 9.75 Å². The summed E-state index contributed by atoms with van der Waals surface area (Å²) in [7, 11) is -1.14. The topological polar surface area (TPSA) is 0 Å². The lowest BCUT2D eigenvalue weighted by Crippen LogP contribution is -2.13. The summed E-state index contributed by atoms with van der Waals surface area (Å²) >= 11 is 6.26. The second-order valence-corrected chi connectivity index (χ2v) is 17.2. The molecule has 3 aromatic rings. The van der Waals surface area contributed by atoms with Crippen LogP contribution in [0.2, 0.25) is 0 Å². The molecule has 4 rings (SSSR count). The number of unbranched alkanes of at least 4 members (excludes halogenated alkanes) is 6. The van der Waals surface area contributed by atoms with Crippen LogP contribution in [-0.4, -0.2) is 5.75 Å². The number of aryl methyl sites for hydroxylation is 3. The minimum atomic E-state index is -1.14. The van der Waals surface area contributed by atoms with Gasteiger partial charge in [0, 0.05) is 24.4 Å². The van der Waals surface area contributed by atoms with Crippen molar-refractivity contribution in [1.29, 1.82) is 0 Å². The summed E-state index contributed by atoms with van der Waals surface area (Å²) < 4.78 is 1.69. The lowest BCUT2D eigenvalue weighted by molar-refractivity contribution is 0.497. The van der Waals surface area contributed by atoms with Crippen molar-refractivity contribution < 1.29 is 0 Å². The number of rotatable bonds is 14. The van der Waals surface area contributed by atoms with E-state index in [0.717, 1.165) is 5.92 Å². The van der Waals surface area contributed by atoms with Crippen LogP contribution in [0.15, 0.2) is 38.3 Å². The standard InChI is InChI=1S/C30H44S4/c1-6-9-11-12-13-14-16-25-17-18-28(33-25)34(21-24(8-3)15-10-7-2)26-19-22(4)31-29(26)30-27(34)20-23(5)32-30/h17-20,24H,6-16,21H2,1-5H3. The molecule has 0 N–H and O–H groups in total. The molecule has 0 amide bonds. The fourth-order valence-electron chi connectivity index (χ4n) is 5.42. The fraction of sp³-hybridized carbons (Fsp3) is 0.600. The van der Waals surface area contributed by atoms with Gasteiger partial charge in [0.15, 0.2) is 0 Å². The van der Waals surface area contributed by atoms with Crippen LogP contribution in [0.1, 0.15) is 99.6 Å². The summed E-state index contributed by atoms with van der Waals surface area (Å²) in [6.45, 7) is 11.7. The molecule has 4 heterocycles. The summed E-state index contributed by atoms with van der Waals surface area (Å²) in [5, 5.41) is 0. The summed E-state index contributed by atoms with van der Waals surface area (Å²) in [6, 6.07) is 10.2. The van der Waals surface area contributed by atoms with Crippen LogP contribution in [0.4, 0.5) is 0 Å². The lowest BCUT2D eigenvalue weighted by Gasteiger charge is -2.39. The molecule has 0 bridgehead atoms. The van der Waals surface area contributed by atoms with Crippen molar-refractivity contribution in [3.63, 3.8) is 0 Å². The fourth-order valence-corrected chi connectivity index (χ4v) is 15.4. The van der Waals surface area contributed by atoms with E-state index in [2.05, 4.69) is 70.2 Å². The molecule has 3 aromatic heterocycles. The van der Waals surface area contributed by atoms with Gasteiger partial charge in [-0.05, 0) is 69.0 Å². The molecular weight excluding hydrogens is 489 g/mol. The van der Waals surface area contributed by atoms with E-state index >= 15 is 0 Å². The van der Waals surface area contributed by atoms with Gasteiger partial charge in [-0.2, -0.15) is 0 Å². The molecule has 0 saturated heterocycles. The van der Waals surface area contributed by atoms with E-state index in [9.17, 15) is 0 Å². The molecular formula is C30H44S4. The summed E-state index contributed by atoms with van der Waals surface area (Å²) in [6.07, 6.45) is 14.9. The molecule has 0 spiro atoms. The Hall–Kier alpha value is -0.550. The Morgan fingerprint density at radius 2 is 1.35 bits per heavy atom. The number of hydrogen-bond acceptors (Lipinski definition) is 3. The quantitative estimate of drug-likeness (QED) is 0.181. The minimum Gasteiger partial charge on any atom is -0.148 e. The van der Waals surface area contributed by atoms with Crippen molar-refractivity contribution in [3.05, 3.63) is 38.9 Å². The average Bonchev–Trinajstić information content (AvgIpc) is 3.58. The maximum Gasteiger partial charge on any atom is 0.0584 e. The zero-order valence-corrected chi connectivity index (χ0v) is 25.3. The zero-order chi connectivity index (χ0) is 24.1. The Labute approximate surface area is 222 Å². The smallest absolute Gasteiger partial charge is 0.0584 e. The van der Waals surface area contributed by atoms with E-state index in [1.165, 1.54) is 86.1 Å². The summed E-state index contributed by atoms with van der Waals surface area (Å²) in [5.41, 5.74) is 0. The molecule has 34 heavy (non-hydrogen) atoms. The number of fused-ring (bicyclic) bond motifs is 3. The molecule has 0 aromatic carbocycles.